The Morgan fingerprint density at radius 1 is 1.17 bits per heavy atom. The molecule has 0 radical (unpaired) electrons. The van der Waals surface area contributed by atoms with Crippen LogP contribution in [0.3, 0.4) is 0 Å². The molecular weight excluding hydrogens is 224 g/mol. The number of nitrogens with zero attached hydrogens (tertiary/aromatic N) is 2. The van der Waals surface area contributed by atoms with Crippen molar-refractivity contribution in [2.45, 2.75) is 58.9 Å². The topological polar surface area (TPSA) is 49.8 Å². The molecule has 1 aromatic heterocycles. The first-order valence-corrected chi connectivity index (χ1v) is 7.12. The van der Waals surface area contributed by atoms with E-state index in [1.165, 1.54) is 19.3 Å². The first-order chi connectivity index (χ1) is 8.74. The fourth-order valence-electron chi connectivity index (χ4n) is 2.12. The van der Waals surface area contributed by atoms with Crippen LogP contribution in [-0.4, -0.2) is 22.6 Å². The van der Waals surface area contributed by atoms with E-state index < -0.39 is 0 Å². The first-order valence-electron chi connectivity index (χ1n) is 7.12. The van der Waals surface area contributed by atoms with Gasteiger partial charge in [0.25, 0.3) is 0 Å². The van der Waals surface area contributed by atoms with Gasteiger partial charge in [0.05, 0.1) is 0 Å². The lowest BCUT2D eigenvalue weighted by atomic mass is 9.93. The second-order valence-corrected chi connectivity index (χ2v) is 5.01. The lowest BCUT2D eigenvalue weighted by Crippen LogP contribution is -2.28. The molecular formula is C14H24N4. The van der Waals surface area contributed by atoms with E-state index in [1.807, 2.05) is 0 Å². The molecule has 4 heteroatoms. The Balaban J connectivity index is 2.23. The number of hydrogen-bond acceptors (Lipinski definition) is 4. The second-order valence-electron chi connectivity index (χ2n) is 5.01. The van der Waals surface area contributed by atoms with E-state index in [1.54, 1.807) is 0 Å². The van der Waals surface area contributed by atoms with Crippen LogP contribution in [0.25, 0.3) is 0 Å². The Kier molecular flexibility index (Phi) is 4.39. The van der Waals surface area contributed by atoms with Crippen LogP contribution in [0, 0.1) is 6.92 Å². The Labute approximate surface area is 110 Å². The summed E-state index contributed by atoms with van der Waals surface area (Å²) in [5.41, 5.74) is 1.14. The average Bonchev–Trinajstić information content (AvgIpc) is 2.29. The normalized spacial score (nSPS) is 15.3. The summed E-state index contributed by atoms with van der Waals surface area (Å²) < 4.78 is 0. The van der Waals surface area contributed by atoms with Gasteiger partial charge in [-0.25, -0.2) is 9.97 Å². The predicted molar refractivity (Wildman–Crippen MR) is 76.2 cm³/mol. The van der Waals surface area contributed by atoms with E-state index in [9.17, 15) is 0 Å². The van der Waals surface area contributed by atoms with Crippen molar-refractivity contribution in [3.63, 3.8) is 0 Å². The fraction of sp³-hybridized carbons (Fsp3) is 0.714. The molecule has 0 aromatic carbocycles. The highest BCUT2D eigenvalue weighted by Crippen LogP contribution is 2.26. The highest BCUT2D eigenvalue weighted by atomic mass is 15.1. The summed E-state index contributed by atoms with van der Waals surface area (Å²) in [5.74, 6) is 2.95. The number of aromatic nitrogens is 2. The third kappa shape index (κ3) is 2.92. The summed E-state index contributed by atoms with van der Waals surface area (Å²) >= 11 is 0. The molecule has 1 fully saturated rings. The van der Waals surface area contributed by atoms with Crippen molar-refractivity contribution in [3.8, 4) is 0 Å². The van der Waals surface area contributed by atoms with E-state index in [4.69, 9.17) is 0 Å². The van der Waals surface area contributed by atoms with Gasteiger partial charge in [-0.3, -0.25) is 0 Å². The lowest BCUT2D eigenvalue weighted by molar-refractivity contribution is 0.444. The summed E-state index contributed by atoms with van der Waals surface area (Å²) in [6, 6.07) is 0.613. The standard InChI is InChI=1S/C14H24N4/c1-4-7-12-17-13(15-5-2)10(3)14(18-12)16-11-8-6-9-11/h11H,4-9H2,1-3H3,(H2,15,16,17,18). The molecule has 0 saturated heterocycles. The van der Waals surface area contributed by atoms with Gasteiger partial charge in [0.15, 0.2) is 0 Å². The van der Waals surface area contributed by atoms with Crippen LogP contribution in [0.1, 0.15) is 50.9 Å². The van der Waals surface area contributed by atoms with Gasteiger partial charge in [0.1, 0.15) is 17.5 Å². The van der Waals surface area contributed by atoms with Gasteiger partial charge in [-0.15, -0.1) is 0 Å². The maximum atomic E-state index is 4.66. The minimum atomic E-state index is 0.613. The van der Waals surface area contributed by atoms with Crippen LogP contribution in [0.4, 0.5) is 11.6 Å². The average molecular weight is 248 g/mol. The fourth-order valence-corrected chi connectivity index (χ4v) is 2.12. The molecule has 1 aliphatic rings. The Bertz CT molecular complexity index is 399. The summed E-state index contributed by atoms with van der Waals surface area (Å²) in [7, 11) is 0. The van der Waals surface area contributed by atoms with Crippen molar-refractivity contribution in [1.82, 2.24) is 9.97 Å². The quantitative estimate of drug-likeness (QED) is 0.812. The molecule has 4 nitrogen and oxygen atoms in total. The van der Waals surface area contributed by atoms with Crippen LogP contribution < -0.4 is 10.6 Å². The molecule has 0 unspecified atom stereocenters. The van der Waals surface area contributed by atoms with Crippen molar-refractivity contribution < 1.29 is 0 Å². The monoisotopic (exact) mass is 248 g/mol. The molecule has 1 saturated carbocycles. The first kappa shape index (κ1) is 13.1. The Morgan fingerprint density at radius 2 is 1.89 bits per heavy atom. The molecule has 2 N–H and O–H groups in total. The van der Waals surface area contributed by atoms with Gasteiger partial charge < -0.3 is 10.6 Å². The van der Waals surface area contributed by atoms with Crippen molar-refractivity contribution >= 4 is 11.6 Å². The molecule has 1 aromatic rings. The van der Waals surface area contributed by atoms with Crippen molar-refractivity contribution in [1.29, 1.82) is 0 Å². The molecule has 0 bridgehead atoms. The molecule has 18 heavy (non-hydrogen) atoms. The summed E-state index contributed by atoms with van der Waals surface area (Å²) in [5, 5.41) is 6.89. The molecule has 0 spiro atoms. The van der Waals surface area contributed by atoms with E-state index in [0.717, 1.165) is 42.4 Å². The van der Waals surface area contributed by atoms with E-state index >= 15 is 0 Å². The largest absolute Gasteiger partial charge is 0.370 e. The highest BCUT2D eigenvalue weighted by Gasteiger charge is 2.19. The Morgan fingerprint density at radius 3 is 2.44 bits per heavy atom. The van der Waals surface area contributed by atoms with Crippen LogP contribution in [0.15, 0.2) is 0 Å². The second kappa shape index (κ2) is 6.03. The molecule has 1 heterocycles. The number of hydrogen-bond donors (Lipinski definition) is 2. The van der Waals surface area contributed by atoms with E-state index in [-0.39, 0.29) is 0 Å². The number of aryl methyl sites for hydroxylation is 1. The predicted octanol–water partition coefficient (Wildman–Crippen LogP) is 3.13. The maximum absolute atomic E-state index is 4.66. The highest BCUT2D eigenvalue weighted by molar-refractivity contribution is 5.57. The van der Waals surface area contributed by atoms with Gasteiger partial charge in [-0.1, -0.05) is 6.92 Å². The zero-order valence-corrected chi connectivity index (χ0v) is 11.7. The molecule has 0 atom stereocenters. The molecule has 100 valence electrons. The number of anilines is 2. The van der Waals surface area contributed by atoms with Gasteiger partial charge in [-0.05, 0) is 39.5 Å². The molecule has 0 aliphatic heterocycles. The molecule has 0 amide bonds. The third-order valence-corrected chi connectivity index (χ3v) is 3.46. The van der Waals surface area contributed by atoms with Crippen molar-refractivity contribution in [2.75, 3.05) is 17.2 Å². The molecule has 2 rings (SSSR count). The number of nitrogens with one attached hydrogen (secondary N) is 2. The molecule has 1 aliphatic carbocycles. The summed E-state index contributed by atoms with van der Waals surface area (Å²) in [6.07, 6.45) is 5.89. The van der Waals surface area contributed by atoms with Crippen molar-refractivity contribution in [2.24, 2.45) is 0 Å². The zero-order valence-electron chi connectivity index (χ0n) is 11.7. The van der Waals surface area contributed by atoms with Crippen LogP contribution >= 0.6 is 0 Å². The smallest absolute Gasteiger partial charge is 0.134 e. The van der Waals surface area contributed by atoms with Gasteiger partial charge in [0.2, 0.25) is 0 Å². The maximum Gasteiger partial charge on any atom is 0.134 e. The van der Waals surface area contributed by atoms with Crippen LogP contribution in [-0.2, 0) is 6.42 Å². The van der Waals surface area contributed by atoms with Crippen LogP contribution in [0.2, 0.25) is 0 Å². The summed E-state index contributed by atoms with van der Waals surface area (Å²) in [4.78, 5) is 9.27. The SMILES string of the molecule is CCCc1nc(NCC)c(C)c(NC2CCC2)n1. The van der Waals surface area contributed by atoms with E-state index in [0.29, 0.717) is 6.04 Å². The van der Waals surface area contributed by atoms with Gasteiger partial charge in [0, 0.05) is 24.6 Å². The summed E-state index contributed by atoms with van der Waals surface area (Å²) in [6.45, 7) is 7.25. The van der Waals surface area contributed by atoms with E-state index in [2.05, 4.69) is 41.4 Å². The lowest BCUT2D eigenvalue weighted by Gasteiger charge is -2.28. The van der Waals surface area contributed by atoms with Crippen molar-refractivity contribution in [3.05, 3.63) is 11.4 Å². The van der Waals surface area contributed by atoms with Gasteiger partial charge in [-0.2, -0.15) is 0 Å². The van der Waals surface area contributed by atoms with Gasteiger partial charge >= 0.3 is 0 Å². The van der Waals surface area contributed by atoms with Crippen LogP contribution in [0.5, 0.6) is 0 Å². The number of rotatable bonds is 6. The third-order valence-electron chi connectivity index (χ3n) is 3.46. The zero-order chi connectivity index (χ0) is 13.0. The Hall–Kier alpha value is -1.32. The minimum Gasteiger partial charge on any atom is -0.370 e. The minimum absolute atomic E-state index is 0.613.